The Balaban J connectivity index is 2.49. The van der Waals surface area contributed by atoms with E-state index in [0.717, 1.165) is 5.56 Å². The van der Waals surface area contributed by atoms with Crippen molar-refractivity contribution >= 4 is 17.4 Å². The maximum absolute atomic E-state index is 12.9. The third-order valence-electron chi connectivity index (χ3n) is 4.40. The van der Waals surface area contributed by atoms with Gasteiger partial charge in [-0.15, -0.1) is 0 Å². The summed E-state index contributed by atoms with van der Waals surface area (Å²) in [7, 11) is 0. The third-order valence-corrected chi connectivity index (χ3v) is 4.40. The van der Waals surface area contributed by atoms with Crippen LogP contribution in [0.4, 0.5) is 0 Å². The molecule has 5 heteroatoms. The maximum atomic E-state index is 12.9. The van der Waals surface area contributed by atoms with Gasteiger partial charge in [0, 0.05) is 0 Å². The molecule has 1 aliphatic heterocycles. The fourth-order valence-corrected chi connectivity index (χ4v) is 2.53. The van der Waals surface area contributed by atoms with Gasteiger partial charge in [0.05, 0.1) is 5.57 Å². The van der Waals surface area contributed by atoms with Gasteiger partial charge in [-0.05, 0) is 25.3 Å². The van der Waals surface area contributed by atoms with E-state index in [1.165, 1.54) is 4.90 Å². The molecule has 0 saturated carbocycles. The average Bonchev–Trinajstić information content (AvgIpc) is 2.47. The van der Waals surface area contributed by atoms with Crippen molar-refractivity contribution in [1.82, 2.24) is 4.90 Å². The van der Waals surface area contributed by atoms with Crippen LogP contribution >= 0.6 is 0 Å². The van der Waals surface area contributed by atoms with Crippen LogP contribution < -0.4 is 0 Å². The van der Waals surface area contributed by atoms with E-state index in [9.17, 15) is 14.7 Å². The number of carbonyl (C=O) groups is 2. The van der Waals surface area contributed by atoms with Crippen molar-refractivity contribution in [2.24, 2.45) is 5.92 Å². The molecule has 0 radical (unpaired) electrons. The number of allylic oxidation sites excluding steroid dienone is 1. The number of carboxylic acid groups (broad SMARTS) is 1. The second-order valence-electron chi connectivity index (χ2n) is 5.91. The van der Waals surface area contributed by atoms with E-state index in [0.29, 0.717) is 11.3 Å². The zero-order valence-electron chi connectivity index (χ0n) is 13.3. The first-order chi connectivity index (χ1) is 10.3. The Bertz CT molecular complexity index is 621. The van der Waals surface area contributed by atoms with Crippen molar-refractivity contribution in [2.75, 3.05) is 6.73 Å². The number of rotatable bonds is 4. The Morgan fingerprint density at radius 3 is 2.41 bits per heavy atom. The number of hydrogen-bond donors (Lipinski definition) is 1. The molecule has 118 valence electrons. The summed E-state index contributed by atoms with van der Waals surface area (Å²) in [6.45, 7) is 6.81. The fraction of sp³-hybridized carbons (Fsp3) is 0.412. The lowest BCUT2D eigenvalue weighted by Gasteiger charge is -2.43. The van der Waals surface area contributed by atoms with Crippen molar-refractivity contribution in [2.45, 2.75) is 33.2 Å². The molecule has 1 aromatic rings. The van der Waals surface area contributed by atoms with Crippen LogP contribution in [-0.2, 0) is 14.3 Å². The van der Waals surface area contributed by atoms with Crippen molar-refractivity contribution in [3.8, 4) is 0 Å². The molecule has 5 nitrogen and oxygen atoms in total. The molecule has 1 atom stereocenters. The Morgan fingerprint density at radius 2 is 1.91 bits per heavy atom. The number of amides is 1. The summed E-state index contributed by atoms with van der Waals surface area (Å²) in [5, 5.41) is 9.63. The highest BCUT2D eigenvalue weighted by Gasteiger charge is 2.48. The monoisotopic (exact) mass is 303 g/mol. The van der Waals surface area contributed by atoms with Gasteiger partial charge < -0.3 is 9.84 Å². The summed E-state index contributed by atoms with van der Waals surface area (Å²) >= 11 is 0. The fourth-order valence-electron chi connectivity index (χ4n) is 2.53. The van der Waals surface area contributed by atoms with Crippen LogP contribution in [0.1, 0.15) is 33.3 Å². The number of carbonyl (C=O) groups excluding carboxylic acids is 1. The summed E-state index contributed by atoms with van der Waals surface area (Å²) in [4.78, 5) is 26.0. The molecule has 0 aliphatic carbocycles. The Morgan fingerprint density at radius 1 is 1.32 bits per heavy atom. The molecule has 22 heavy (non-hydrogen) atoms. The van der Waals surface area contributed by atoms with Crippen LogP contribution in [0.5, 0.6) is 0 Å². The molecule has 1 aromatic carbocycles. The lowest BCUT2D eigenvalue weighted by Crippen LogP contribution is -2.60. The molecule has 1 amide bonds. The molecule has 0 spiro atoms. The lowest BCUT2D eigenvalue weighted by atomic mass is 9.85. The second-order valence-corrected chi connectivity index (χ2v) is 5.91. The minimum absolute atomic E-state index is 0.0536. The molecule has 1 aliphatic rings. The largest absolute Gasteiger partial charge is 0.479 e. The van der Waals surface area contributed by atoms with Gasteiger partial charge in [0.15, 0.2) is 6.73 Å². The van der Waals surface area contributed by atoms with Crippen LogP contribution in [0.15, 0.2) is 36.1 Å². The highest BCUT2D eigenvalue weighted by molar-refractivity contribution is 6.21. The normalized spacial score (nSPS) is 18.2. The summed E-state index contributed by atoms with van der Waals surface area (Å²) in [6, 6.07) is 9.16. The molecule has 1 heterocycles. The van der Waals surface area contributed by atoms with Crippen LogP contribution in [-0.4, -0.2) is 34.2 Å². The summed E-state index contributed by atoms with van der Waals surface area (Å²) in [6.07, 6.45) is 0. The molecule has 2 rings (SSSR count). The Labute approximate surface area is 130 Å². The van der Waals surface area contributed by atoms with Gasteiger partial charge in [-0.2, -0.15) is 0 Å². The maximum Gasteiger partial charge on any atom is 0.329 e. The van der Waals surface area contributed by atoms with Crippen molar-refractivity contribution in [3.05, 3.63) is 41.7 Å². The molecule has 1 N–H and O–H groups in total. The summed E-state index contributed by atoms with van der Waals surface area (Å²) in [5.41, 5.74) is -0.177. The van der Waals surface area contributed by atoms with Crippen molar-refractivity contribution < 1.29 is 19.4 Å². The number of aliphatic carboxylic acids is 1. The van der Waals surface area contributed by atoms with Crippen LogP contribution in [0.3, 0.4) is 0 Å². The van der Waals surface area contributed by atoms with Crippen LogP contribution in [0, 0.1) is 5.92 Å². The lowest BCUT2D eigenvalue weighted by molar-refractivity contribution is -0.166. The van der Waals surface area contributed by atoms with E-state index in [1.807, 2.05) is 30.3 Å². The molecule has 0 fully saturated rings. The quantitative estimate of drug-likeness (QED) is 0.928. The predicted molar refractivity (Wildman–Crippen MR) is 82.7 cm³/mol. The molecule has 0 saturated heterocycles. The van der Waals surface area contributed by atoms with Crippen LogP contribution in [0.2, 0.25) is 0 Å². The van der Waals surface area contributed by atoms with Crippen LogP contribution in [0.25, 0.3) is 5.57 Å². The van der Waals surface area contributed by atoms with Gasteiger partial charge in [0.1, 0.15) is 11.3 Å². The van der Waals surface area contributed by atoms with E-state index in [4.69, 9.17) is 4.74 Å². The van der Waals surface area contributed by atoms with Crippen molar-refractivity contribution in [1.29, 1.82) is 0 Å². The zero-order chi connectivity index (χ0) is 16.5. The summed E-state index contributed by atoms with van der Waals surface area (Å²) < 4.78 is 5.60. The van der Waals surface area contributed by atoms with Gasteiger partial charge >= 0.3 is 5.97 Å². The highest BCUT2D eigenvalue weighted by Crippen LogP contribution is 2.33. The van der Waals surface area contributed by atoms with Crippen molar-refractivity contribution in [3.63, 3.8) is 0 Å². The molecule has 1 unspecified atom stereocenters. The van der Waals surface area contributed by atoms with Gasteiger partial charge in [-0.3, -0.25) is 9.69 Å². The number of nitrogens with zero attached hydrogens (tertiary/aromatic N) is 1. The van der Waals surface area contributed by atoms with E-state index < -0.39 is 11.5 Å². The Hall–Kier alpha value is -2.30. The first-order valence-electron chi connectivity index (χ1n) is 7.24. The number of hydrogen-bond acceptors (Lipinski definition) is 3. The van der Waals surface area contributed by atoms with E-state index in [2.05, 4.69) is 0 Å². The second kappa shape index (κ2) is 5.83. The minimum atomic E-state index is -1.32. The number of carboxylic acids is 1. The molecular formula is C17H21NO4. The van der Waals surface area contributed by atoms with E-state index in [-0.39, 0.29) is 18.6 Å². The average molecular weight is 303 g/mol. The number of ether oxygens (including phenoxy) is 1. The highest BCUT2D eigenvalue weighted by atomic mass is 16.5. The SMILES string of the molecule is CC1=C(c2ccccc2)C(=O)N(C(C)(C(=O)O)C(C)C)CO1. The predicted octanol–water partition coefficient (Wildman–Crippen LogP) is 2.73. The number of benzene rings is 1. The zero-order valence-corrected chi connectivity index (χ0v) is 13.3. The third kappa shape index (κ3) is 2.47. The van der Waals surface area contributed by atoms with Gasteiger partial charge in [-0.25, -0.2) is 4.79 Å². The van der Waals surface area contributed by atoms with Gasteiger partial charge in [-0.1, -0.05) is 44.2 Å². The molecule has 0 aromatic heterocycles. The first kappa shape index (κ1) is 16.1. The minimum Gasteiger partial charge on any atom is -0.479 e. The van der Waals surface area contributed by atoms with Gasteiger partial charge in [0.25, 0.3) is 5.91 Å². The molecule has 0 bridgehead atoms. The molecular weight excluding hydrogens is 282 g/mol. The Kier molecular flexibility index (Phi) is 4.26. The first-order valence-corrected chi connectivity index (χ1v) is 7.24. The van der Waals surface area contributed by atoms with E-state index in [1.54, 1.807) is 27.7 Å². The standard InChI is InChI=1S/C17H21NO4/c1-11(2)17(4,16(20)21)18-10-22-12(3)14(15(18)19)13-8-6-5-7-9-13/h5-9,11H,10H2,1-4H3,(H,20,21). The van der Waals surface area contributed by atoms with Gasteiger partial charge in [0.2, 0.25) is 0 Å². The van der Waals surface area contributed by atoms with E-state index >= 15 is 0 Å². The topological polar surface area (TPSA) is 66.8 Å². The summed E-state index contributed by atoms with van der Waals surface area (Å²) in [5.74, 6) is -1.09. The smallest absolute Gasteiger partial charge is 0.329 e.